The van der Waals surface area contributed by atoms with Gasteiger partial charge in [0.2, 0.25) is 0 Å². The van der Waals surface area contributed by atoms with Crippen LogP contribution in [0.1, 0.15) is 37.0 Å². The smallest absolute Gasteiger partial charge is 0.251 e. The number of piperazine rings is 1. The van der Waals surface area contributed by atoms with Gasteiger partial charge in [-0.2, -0.15) is 0 Å². The standard InChI is InChI=1S/C20H33N3O3/c1-4-22-12-14-23(15-13-22)11-7-6-10-21-20(24)17-8-9-18(25-3)19(16-17)26-5-2/h8-9,16H,4-7,10-15H2,1-3H3,(H,21,24). The highest BCUT2D eigenvalue weighted by atomic mass is 16.5. The largest absolute Gasteiger partial charge is 0.493 e. The Balaban J connectivity index is 1.68. The fourth-order valence-electron chi connectivity index (χ4n) is 3.18. The molecular weight excluding hydrogens is 330 g/mol. The molecule has 0 aliphatic carbocycles. The average Bonchev–Trinajstić information content (AvgIpc) is 2.68. The van der Waals surface area contributed by atoms with Gasteiger partial charge in [-0.25, -0.2) is 0 Å². The minimum Gasteiger partial charge on any atom is -0.493 e. The summed E-state index contributed by atoms with van der Waals surface area (Å²) in [5.74, 6) is 1.19. The topological polar surface area (TPSA) is 54.0 Å². The molecule has 0 radical (unpaired) electrons. The SMILES string of the molecule is CCOc1cc(C(=O)NCCCCN2CCN(CC)CC2)ccc1OC. The van der Waals surface area contributed by atoms with E-state index in [2.05, 4.69) is 22.0 Å². The van der Waals surface area contributed by atoms with Crippen LogP contribution in [0, 0.1) is 0 Å². The first-order chi connectivity index (χ1) is 12.7. The van der Waals surface area contributed by atoms with E-state index in [9.17, 15) is 4.79 Å². The van der Waals surface area contributed by atoms with E-state index in [1.54, 1.807) is 25.3 Å². The van der Waals surface area contributed by atoms with Gasteiger partial charge in [0.15, 0.2) is 11.5 Å². The number of carbonyl (C=O) groups excluding carboxylic acids is 1. The van der Waals surface area contributed by atoms with Crippen molar-refractivity contribution < 1.29 is 14.3 Å². The second-order valence-electron chi connectivity index (χ2n) is 6.54. The van der Waals surface area contributed by atoms with Crippen LogP contribution in [0.25, 0.3) is 0 Å². The Morgan fingerprint density at radius 2 is 1.81 bits per heavy atom. The highest BCUT2D eigenvalue weighted by molar-refractivity contribution is 5.94. The van der Waals surface area contributed by atoms with Gasteiger partial charge < -0.3 is 24.6 Å². The van der Waals surface area contributed by atoms with E-state index in [1.165, 1.54) is 13.1 Å². The number of amides is 1. The second-order valence-corrected chi connectivity index (χ2v) is 6.54. The fraction of sp³-hybridized carbons (Fsp3) is 0.650. The lowest BCUT2D eigenvalue weighted by molar-refractivity contribution is 0.0951. The number of methoxy groups -OCH3 is 1. The molecule has 2 rings (SSSR count). The number of hydrogen-bond acceptors (Lipinski definition) is 5. The zero-order valence-electron chi connectivity index (χ0n) is 16.4. The highest BCUT2D eigenvalue weighted by Crippen LogP contribution is 2.27. The molecule has 0 atom stereocenters. The van der Waals surface area contributed by atoms with Gasteiger partial charge in [-0.05, 0) is 51.1 Å². The molecule has 146 valence electrons. The maximum atomic E-state index is 12.3. The fourth-order valence-corrected chi connectivity index (χ4v) is 3.18. The molecular formula is C20H33N3O3. The van der Waals surface area contributed by atoms with Crippen molar-refractivity contribution in [3.63, 3.8) is 0 Å². The molecule has 1 aromatic rings. The molecule has 0 aromatic heterocycles. The summed E-state index contributed by atoms with van der Waals surface area (Å²) in [5.41, 5.74) is 0.602. The summed E-state index contributed by atoms with van der Waals surface area (Å²) in [6, 6.07) is 5.28. The van der Waals surface area contributed by atoms with Crippen LogP contribution in [0.4, 0.5) is 0 Å². The number of likely N-dealkylation sites (N-methyl/N-ethyl adjacent to an activating group) is 1. The summed E-state index contributed by atoms with van der Waals surface area (Å²) in [4.78, 5) is 17.3. The molecule has 1 aliphatic heterocycles. The molecule has 0 spiro atoms. The van der Waals surface area contributed by atoms with Crippen LogP contribution in [-0.4, -0.2) is 75.2 Å². The molecule has 6 heteroatoms. The minimum atomic E-state index is -0.0647. The minimum absolute atomic E-state index is 0.0647. The van der Waals surface area contributed by atoms with Crippen LogP contribution in [0.5, 0.6) is 11.5 Å². The van der Waals surface area contributed by atoms with E-state index >= 15 is 0 Å². The van der Waals surface area contributed by atoms with Crippen molar-refractivity contribution in [2.75, 3.05) is 59.5 Å². The molecule has 0 bridgehead atoms. The summed E-state index contributed by atoms with van der Waals surface area (Å²) in [7, 11) is 1.60. The first kappa shape index (κ1) is 20.5. The molecule has 0 saturated carbocycles. The van der Waals surface area contributed by atoms with Gasteiger partial charge in [0.25, 0.3) is 5.91 Å². The first-order valence-electron chi connectivity index (χ1n) is 9.71. The number of ether oxygens (including phenoxy) is 2. The third-order valence-corrected chi connectivity index (χ3v) is 4.82. The molecule has 1 heterocycles. The number of carbonyl (C=O) groups is 1. The van der Waals surface area contributed by atoms with E-state index in [4.69, 9.17) is 9.47 Å². The Bertz CT molecular complexity index is 557. The Hall–Kier alpha value is -1.79. The Labute approximate surface area is 157 Å². The van der Waals surface area contributed by atoms with Crippen LogP contribution in [0.15, 0.2) is 18.2 Å². The number of unbranched alkanes of at least 4 members (excludes halogenated alkanes) is 1. The molecule has 6 nitrogen and oxygen atoms in total. The van der Waals surface area contributed by atoms with Gasteiger partial charge in [-0.1, -0.05) is 6.92 Å². The third kappa shape index (κ3) is 6.18. The zero-order chi connectivity index (χ0) is 18.8. The number of rotatable bonds is 10. The summed E-state index contributed by atoms with van der Waals surface area (Å²) < 4.78 is 10.8. The monoisotopic (exact) mass is 363 g/mol. The van der Waals surface area contributed by atoms with Crippen LogP contribution in [0.2, 0.25) is 0 Å². The number of nitrogens with zero attached hydrogens (tertiary/aromatic N) is 2. The van der Waals surface area contributed by atoms with Crippen molar-refractivity contribution in [1.29, 1.82) is 0 Å². The average molecular weight is 364 g/mol. The summed E-state index contributed by atoms with van der Waals surface area (Å²) >= 11 is 0. The first-order valence-corrected chi connectivity index (χ1v) is 9.71. The molecule has 1 aromatic carbocycles. The predicted molar refractivity (Wildman–Crippen MR) is 104 cm³/mol. The lowest BCUT2D eigenvalue weighted by Crippen LogP contribution is -2.46. The molecule has 1 fully saturated rings. The van der Waals surface area contributed by atoms with Crippen molar-refractivity contribution in [3.05, 3.63) is 23.8 Å². The van der Waals surface area contributed by atoms with Crippen LogP contribution < -0.4 is 14.8 Å². The molecule has 1 saturated heterocycles. The van der Waals surface area contributed by atoms with Gasteiger partial charge in [-0.15, -0.1) is 0 Å². The number of nitrogens with one attached hydrogen (secondary N) is 1. The highest BCUT2D eigenvalue weighted by Gasteiger charge is 2.15. The Kier molecular flexibility index (Phi) is 8.71. The maximum Gasteiger partial charge on any atom is 0.251 e. The van der Waals surface area contributed by atoms with Crippen LogP contribution in [-0.2, 0) is 0 Å². The van der Waals surface area contributed by atoms with Crippen molar-refractivity contribution in [2.24, 2.45) is 0 Å². The second kappa shape index (κ2) is 11.0. The summed E-state index contributed by atoms with van der Waals surface area (Å²) in [5, 5.41) is 3.00. The molecule has 0 unspecified atom stereocenters. The van der Waals surface area contributed by atoms with E-state index < -0.39 is 0 Å². The summed E-state index contributed by atoms with van der Waals surface area (Å²) in [6.45, 7) is 12.3. The number of benzene rings is 1. The van der Waals surface area contributed by atoms with Gasteiger partial charge in [-0.3, -0.25) is 4.79 Å². The van der Waals surface area contributed by atoms with Crippen LogP contribution in [0.3, 0.4) is 0 Å². The van der Waals surface area contributed by atoms with Crippen molar-refractivity contribution >= 4 is 5.91 Å². The van der Waals surface area contributed by atoms with Gasteiger partial charge in [0.1, 0.15) is 0 Å². The van der Waals surface area contributed by atoms with Gasteiger partial charge in [0, 0.05) is 38.3 Å². The zero-order valence-corrected chi connectivity index (χ0v) is 16.4. The van der Waals surface area contributed by atoms with Crippen molar-refractivity contribution in [1.82, 2.24) is 15.1 Å². The normalized spacial score (nSPS) is 15.7. The molecule has 1 amide bonds. The van der Waals surface area contributed by atoms with E-state index in [1.807, 2.05) is 6.92 Å². The number of hydrogen-bond donors (Lipinski definition) is 1. The van der Waals surface area contributed by atoms with E-state index in [0.717, 1.165) is 39.0 Å². The predicted octanol–water partition coefficient (Wildman–Crippen LogP) is 2.24. The van der Waals surface area contributed by atoms with Crippen molar-refractivity contribution in [3.8, 4) is 11.5 Å². The maximum absolute atomic E-state index is 12.3. The Morgan fingerprint density at radius 1 is 1.08 bits per heavy atom. The molecule has 1 N–H and O–H groups in total. The molecule has 26 heavy (non-hydrogen) atoms. The van der Waals surface area contributed by atoms with Crippen molar-refractivity contribution in [2.45, 2.75) is 26.7 Å². The van der Waals surface area contributed by atoms with Crippen LogP contribution >= 0.6 is 0 Å². The van der Waals surface area contributed by atoms with Gasteiger partial charge in [0.05, 0.1) is 13.7 Å². The lowest BCUT2D eigenvalue weighted by Gasteiger charge is -2.33. The molecule has 1 aliphatic rings. The van der Waals surface area contributed by atoms with Gasteiger partial charge >= 0.3 is 0 Å². The quantitative estimate of drug-likeness (QED) is 0.646. The third-order valence-electron chi connectivity index (χ3n) is 4.82. The van der Waals surface area contributed by atoms with E-state index in [-0.39, 0.29) is 5.91 Å². The summed E-state index contributed by atoms with van der Waals surface area (Å²) in [6.07, 6.45) is 2.10. The lowest BCUT2D eigenvalue weighted by atomic mass is 10.2. The Morgan fingerprint density at radius 3 is 2.46 bits per heavy atom. The van der Waals surface area contributed by atoms with E-state index in [0.29, 0.717) is 30.2 Å².